The van der Waals surface area contributed by atoms with Gasteiger partial charge >= 0.3 is 0 Å². The number of hydrogen-bond acceptors (Lipinski definition) is 2. The number of aryl methyl sites for hydroxylation is 1. The third-order valence-corrected chi connectivity index (χ3v) is 3.42. The predicted molar refractivity (Wildman–Crippen MR) is 82.8 cm³/mol. The molecule has 0 unspecified atom stereocenters. The van der Waals surface area contributed by atoms with Gasteiger partial charge in [0.05, 0.1) is 0 Å². The predicted octanol–water partition coefficient (Wildman–Crippen LogP) is 4.52. The number of nitrogens with one attached hydrogen (secondary N) is 1. The Hall–Kier alpha value is -1.32. The fourth-order valence-electron chi connectivity index (χ4n) is 1.92. The van der Waals surface area contributed by atoms with Crippen LogP contribution in [0.15, 0.2) is 46.9 Å². The molecule has 2 aromatic carbocycles. The lowest BCUT2D eigenvalue weighted by atomic mass is 10.1. The van der Waals surface area contributed by atoms with E-state index in [4.69, 9.17) is 4.74 Å². The highest BCUT2D eigenvalue weighted by atomic mass is 79.9. The second-order valence-corrected chi connectivity index (χ2v) is 5.30. The van der Waals surface area contributed by atoms with Crippen molar-refractivity contribution in [3.63, 3.8) is 0 Å². The van der Waals surface area contributed by atoms with Crippen LogP contribution in [-0.4, -0.2) is 7.05 Å². The van der Waals surface area contributed by atoms with Crippen LogP contribution in [0.1, 0.15) is 18.1 Å². The number of halogens is 1. The molecule has 0 heterocycles. The van der Waals surface area contributed by atoms with Gasteiger partial charge < -0.3 is 10.1 Å². The number of rotatable bonds is 5. The van der Waals surface area contributed by atoms with Crippen molar-refractivity contribution < 1.29 is 4.74 Å². The van der Waals surface area contributed by atoms with Crippen molar-refractivity contribution in [2.45, 2.75) is 19.9 Å². The Bertz CT molecular complexity index is 554. The maximum absolute atomic E-state index is 6.02. The molecule has 0 amide bonds. The smallest absolute Gasteiger partial charge is 0.133 e. The topological polar surface area (TPSA) is 21.3 Å². The molecule has 0 atom stereocenters. The zero-order valence-electron chi connectivity index (χ0n) is 11.2. The molecular weight excluding hydrogens is 302 g/mol. The lowest BCUT2D eigenvalue weighted by molar-refractivity contribution is 0.473. The van der Waals surface area contributed by atoms with Crippen LogP contribution >= 0.6 is 15.9 Å². The molecule has 0 aliphatic rings. The Morgan fingerprint density at radius 3 is 2.74 bits per heavy atom. The Balaban J connectivity index is 2.28. The normalized spacial score (nSPS) is 10.5. The summed E-state index contributed by atoms with van der Waals surface area (Å²) in [6, 6.07) is 14.3. The molecule has 2 nitrogen and oxygen atoms in total. The van der Waals surface area contributed by atoms with Gasteiger partial charge in [0, 0.05) is 16.6 Å². The molecule has 0 bridgehead atoms. The molecule has 0 radical (unpaired) electrons. The van der Waals surface area contributed by atoms with Crippen LogP contribution < -0.4 is 10.1 Å². The van der Waals surface area contributed by atoms with E-state index in [-0.39, 0.29) is 0 Å². The van der Waals surface area contributed by atoms with E-state index in [1.165, 1.54) is 5.56 Å². The van der Waals surface area contributed by atoms with Gasteiger partial charge in [-0.05, 0) is 43.3 Å². The SMILES string of the molecule is CCc1cccc(Oc2cc(Br)ccc2CNC)c1. The molecule has 0 aromatic heterocycles. The summed E-state index contributed by atoms with van der Waals surface area (Å²) in [5.41, 5.74) is 2.43. The highest BCUT2D eigenvalue weighted by Gasteiger charge is 2.06. The molecule has 100 valence electrons. The second-order valence-electron chi connectivity index (χ2n) is 4.39. The number of ether oxygens (including phenoxy) is 1. The lowest BCUT2D eigenvalue weighted by Gasteiger charge is -2.12. The van der Waals surface area contributed by atoms with E-state index >= 15 is 0 Å². The van der Waals surface area contributed by atoms with Gasteiger partial charge in [0.2, 0.25) is 0 Å². The molecule has 2 aromatic rings. The third kappa shape index (κ3) is 3.82. The summed E-state index contributed by atoms with van der Waals surface area (Å²) >= 11 is 3.49. The standard InChI is InChI=1S/C16H18BrNO/c1-3-12-5-4-6-15(9-12)19-16-10-14(17)8-7-13(16)11-18-2/h4-10,18H,3,11H2,1-2H3. The lowest BCUT2D eigenvalue weighted by Crippen LogP contribution is -2.06. The van der Waals surface area contributed by atoms with Gasteiger partial charge in [-0.3, -0.25) is 0 Å². The minimum absolute atomic E-state index is 0.788. The van der Waals surface area contributed by atoms with Crippen LogP contribution in [0.5, 0.6) is 11.5 Å². The van der Waals surface area contributed by atoms with Crippen LogP contribution in [0, 0.1) is 0 Å². The molecule has 19 heavy (non-hydrogen) atoms. The maximum atomic E-state index is 6.02. The van der Waals surface area contributed by atoms with Gasteiger partial charge in [0.25, 0.3) is 0 Å². The second kappa shape index (κ2) is 6.73. The number of hydrogen-bond donors (Lipinski definition) is 1. The van der Waals surface area contributed by atoms with Crippen LogP contribution in [0.25, 0.3) is 0 Å². The Kier molecular flexibility index (Phi) is 5.00. The summed E-state index contributed by atoms with van der Waals surface area (Å²) in [6.45, 7) is 2.93. The molecule has 0 spiro atoms. The summed E-state index contributed by atoms with van der Waals surface area (Å²) in [7, 11) is 1.93. The first-order chi connectivity index (χ1) is 9.22. The van der Waals surface area contributed by atoms with Crippen molar-refractivity contribution >= 4 is 15.9 Å². The van der Waals surface area contributed by atoms with Gasteiger partial charge in [-0.1, -0.05) is 41.1 Å². The molecule has 1 N–H and O–H groups in total. The molecule has 0 saturated heterocycles. The van der Waals surface area contributed by atoms with Crippen LogP contribution in [0.3, 0.4) is 0 Å². The molecular formula is C16H18BrNO. The summed E-state index contributed by atoms with van der Waals surface area (Å²) in [6.07, 6.45) is 1.01. The summed E-state index contributed by atoms with van der Waals surface area (Å²) in [5, 5.41) is 3.16. The third-order valence-electron chi connectivity index (χ3n) is 2.93. The highest BCUT2D eigenvalue weighted by Crippen LogP contribution is 2.29. The van der Waals surface area contributed by atoms with E-state index in [0.29, 0.717) is 0 Å². The average molecular weight is 320 g/mol. The van der Waals surface area contributed by atoms with Crippen molar-refractivity contribution in [1.82, 2.24) is 5.32 Å². The van der Waals surface area contributed by atoms with Crippen LogP contribution in [-0.2, 0) is 13.0 Å². The van der Waals surface area contributed by atoms with E-state index in [1.54, 1.807) is 0 Å². The van der Waals surface area contributed by atoms with E-state index in [0.717, 1.165) is 34.5 Å². The zero-order valence-corrected chi connectivity index (χ0v) is 12.8. The fraction of sp³-hybridized carbons (Fsp3) is 0.250. The van der Waals surface area contributed by atoms with Crippen molar-refractivity contribution in [1.29, 1.82) is 0 Å². The van der Waals surface area contributed by atoms with Gasteiger partial charge in [-0.2, -0.15) is 0 Å². The Labute approximate surface area is 122 Å². The van der Waals surface area contributed by atoms with Crippen LogP contribution in [0.4, 0.5) is 0 Å². The largest absolute Gasteiger partial charge is 0.457 e. The minimum Gasteiger partial charge on any atom is -0.457 e. The molecule has 0 aliphatic heterocycles. The van der Waals surface area contributed by atoms with E-state index in [9.17, 15) is 0 Å². The first-order valence-electron chi connectivity index (χ1n) is 6.42. The van der Waals surface area contributed by atoms with Gasteiger partial charge in [0.15, 0.2) is 0 Å². The Morgan fingerprint density at radius 1 is 1.16 bits per heavy atom. The molecule has 2 rings (SSSR count). The van der Waals surface area contributed by atoms with Gasteiger partial charge in [0.1, 0.15) is 11.5 Å². The first-order valence-corrected chi connectivity index (χ1v) is 7.22. The minimum atomic E-state index is 0.788. The van der Waals surface area contributed by atoms with Gasteiger partial charge in [-0.25, -0.2) is 0 Å². The summed E-state index contributed by atoms with van der Waals surface area (Å²) in [5.74, 6) is 1.77. The van der Waals surface area contributed by atoms with Crippen molar-refractivity contribution in [3.05, 3.63) is 58.1 Å². The molecule has 0 saturated carbocycles. The highest BCUT2D eigenvalue weighted by molar-refractivity contribution is 9.10. The first kappa shape index (κ1) is 14.1. The average Bonchev–Trinajstić information content (AvgIpc) is 2.42. The molecule has 0 aliphatic carbocycles. The summed E-state index contributed by atoms with van der Waals surface area (Å²) < 4.78 is 7.04. The molecule has 0 fully saturated rings. The zero-order chi connectivity index (χ0) is 13.7. The quantitative estimate of drug-likeness (QED) is 0.874. The number of benzene rings is 2. The summed E-state index contributed by atoms with van der Waals surface area (Å²) in [4.78, 5) is 0. The Morgan fingerprint density at radius 2 is 2.00 bits per heavy atom. The fourth-order valence-corrected chi connectivity index (χ4v) is 2.26. The van der Waals surface area contributed by atoms with Crippen molar-refractivity contribution in [3.8, 4) is 11.5 Å². The molecule has 3 heteroatoms. The van der Waals surface area contributed by atoms with E-state index in [1.807, 2.05) is 31.3 Å². The maximum Gasteiger partial charge on any atom is 0.133 e. The van der Waals surface area contributed by atoms with Gasteiger partial charge in [-0.15, -0.1) is 0 Å². The van der Waals surface area contributed by atoms with E-state index in [2.05, 4.69) is 46.4 Å². The monoisotopic (exact) mass is 319 g/mol. The van der Waals surface area contributed by atoms with Crippen LogP contribution in [0.2, 0.25) is 0 Å². The van der Waals surface area contributed by atoms with Crippen molar-refractivity contribution in [2.75, 3.05) is 7.05 Å². The van der Waals surface area contributed by atoms with Crippen molar-refractivity contribution in [2.24, 2.45) is 0 Å². The van der Waals surface area contributed by atoms with E-state index < -0.39 is 0 Å².